The zero-order valence-electron chi connectivity index (χ0n) is 16.6. The van der Waals surface area contributed by atoms with Gasteiger partial charge in [0.2, 0.25) is 0 Å². The number of nitrogens with one attached hydrogen (secondary N) is 2. The van der Waals surface area contributed by atoms with E-state index < -0.39 is 29.1 Å². The summed E-state index contributed by atoms with van der Waals surface area (Å²) in [6.45, 7) is 1.66. The zero-order chi connectivity index (χ0) is 23.4. The average Bonchev–Trinajstić information content (AvgIpc) is 2.75. The first-order chi connectivity index (χ1) is 15.2. The molecule has 0 saturated heterocycles. The molecule has 0 unspecified atom stereocenters. The fraction of sp³-hybridized carbons (Fsp3) is 0.0455. The second-order valence-electron chi connectivity index (χ2n) is 6.66. The van der Waals surface area contributed by atoms with Crippen molar-refractivity contribution in [1.29, 1.82) is 0 Å². The second kappa shape index (κ2) is 9.59. The van der Waals surface area contributed by atoms with Crippen molar-refractivity contribution in [3.63, 3.8) is 0 Å². The number of carbonyl (C=O) groups excluding carboxylic acids is 2. The minimum atomic E-state index is -0.716. The van der Waals surface area contributed by atoms with Gasteiger partial charge in [0.05, 0.1) is 16.3 Å². The van der Waals surface area contributed by atoms with E-state index >= 15 is 0 Å². The molecule has 0 spiro atoms. The summed E-state index contributed by atoms with van der Waals surface area (Å²) in [5.74, 6) is -3.07. The fourth-order valence-electron chi connectivity index (χ4n) is 2.67. The number of phenolic OH excluding ortho intramolecular Hbond substituents is 3. The Morgan fingerprint density at radius 1 is 0.844 bits per heavy atom. The van der Waals surface area contributed by atoms with Gasteiger partial charge in [-0.15, -0.1) is 0 Å². The van der Waals surface area contributed by atoms with E-state index in [2.05, 4.69) is 15.8 Å². The van der Waals surface area contributed by atoms with Gasteiger partial charge < -0.3 is 20.6 Å². The van der Waals surface area contributed by atoms with Gasteiger partial charge in [0.25, 0.3) is 11.8 Å². The van der Waals surface area contributed by atoms with Gasteiger partial charge in [-0.05, 0) is 55.0 Å². The van der Waals surface area contributed by atoms with Crippen LogP contribution in [0, 0.1) is 0 Å². The van der Waals surface area contributed by atoms with Gasteiger partial charge in [0, 0.05) is 16.3 Å². The Balaban J connectivity index is 1.66. The minimum Gasteiger partial charge on any atom is -0.504 e. The van der Waals surface area contributed by atoms with Gasteiger partial charge in [0.1, 0.15) is 0 Å². The first-order valence-corrected chi connectivity index (χ1v) is 9.87. The third-order valence-corrected chi connectivity index (χ3v) is 4.94. The highest BCUT2D eigenvalue weighted by molar-refractivity contribution is 6.37. The normalized spacial score (nSPS) is 11.2. The number of carbonyl (C=O) groups is 2. The van der Waals surface area contributed by atoms with Crippen LogP contribution in [0.4, 0.5) is 5.69 Å². The van der Waals surface area contributed by atoms with Crippen molar-refractivity contribution in [3.05, 3.63) is 81.3 Å². The summed E-state index contributed by atoms with van der Waals surface area (Å²) < 4.78 is 0. The number of rotatable bonds is 5. The molecule has 3 aromatic rings. The largest absolute Gasteiger partial charge is 0.504 e. The molecule has 0 bridgehead atoms. The van der Waals surface area contributed by atoms with Crippen molar-refractivity contribution in [1.82, 2.24) is 5.43 Å². The second-order valence-corrected chi connectivity index (χ2v) is 7.50. The first kappa shape index (κ1) is 22.9. The highest BCUT2D eigenvalue weighted by atomic mass is 35.5. The monoisotopic (exact) mass is 473 g/mol. The van der Waals surface area contributed by atoms with Gasteiger partial charge in [-0.2, -0.15) is 5.10 Å². The van der Waals surface area contributed by atoms with Crippen molar-refractivity contribution < 1.29 is 24.9 Å². The van der Waals surface area contributed by atoms with Crippen LogP contribution in [0.5, 0.6) is 17.2 Å². The molecule has 0 heterocycles. The summed E-state index contributed by atoms with van der Waals surface area (Å²) in [6.07, 6.45) is 0. The van der Waals surface area contributed by atoms with Crippen molar-refractivity contribution in [3.8, 4) is 17.2 Å². The van der Waals surface area contributed by atoms with E-state index in [1.54, 1.807) is 37.3 Å². The van der Waals surface area contributed by atoms with Crippen LogP contribution >= 0.6 is 23.2 Å². The van der Waals surface area contributed by atoms with Crippen LogP contribution in [0.3, 0.4) is 0 Å². The molecule has 0 saturated carbocycles. The molecule has 2 amide bonds. The van der Waals surface area contributed by atoms with Gasteiger partial charge in [-0.3, -0.25) is 9.59 Å². The Kier molecular flexibility index (Phi) is 6.87. The molecular weight excluding hydrogens is 457 g/mol. The van der Waals surface area contributed by atoms with Crippen LogP contribution < -0.4 is 10.7 Å². The molecule has 8 nitrogen and oxygen atoms in total. The molecule has 0 fully saturated rings. The number of aromatic hydroxyl groups is 3. The third-order valence-electron chi connectivity index (χ3n) is 4.39. The summed E-state index contributed by atoms with van der Waals surface area (Å²) in [7, 11) is 0. The number of hydrogen-bond donors (Lipinski definition) is 5. The molecule has 3 rings (SSSR count). The molecule has 0 radical (unpaired) electrons. The van der Waals surface area contributed by atoms with Crippen molar-refractivity contribution >= 4 is 46.4 Å². The molecule has 0 aromatic heterocycles. The average molecular weight is 474 g/mol. The lowest BCUT2D eigenvalue weighted by molar-refractivity contribution is 0.0953. The Morgan fingerprint density at radius 2 is 1.47 bits per heavy atom. The number of phenols is 3. The van der Waals surface area contributed by atoms with Gasteiger partial charge >= 0.3 is 0 Å². The Morgan fingerprint density at radius 3 is 2.06 bits per heavy atom. The fourth-order valence-corrected chi connectivity index (χ4v) is 3.16. The van der Waals surface area contributed by atoms with Crippen LogP contribution in [-0.4, -0.2) is 32.8 Å². The highest BCUT2D eigenvalue weighted by Crippen LogP contribution is 2.35. The summed E-state index contributed by atoms with van der Waals surface area (Å²) >= 11 is 11.9. The number of halogens is 2. The van der Waals surface area contributed by atoms with Crippen LogP contribution in [0.2, 0.25) is 10.0 Å². The maximum atomic E-state index is 12.4. The summed E-state index contributed by atoms with van der Waals surface area (Å²) in [6, 6.07) is 13.3. The van der Waals surface area contributed by atoms with Crippen molar-refractivity contribution in [2.75, 3.05) is 5.32 Å². The van der Waals surface area contributed by atoms with Crippen LogP contribution in [0.25, 0.3) is 0 Å². The minimum absolute atomic E-state index is 0.0896. The van der Waals surface area contributed by atoms with E-state index in [1.165, 1.54) is 12.1 Å². The third kappa shape index (κ3) is 5.29. The predicted molar refractivity (Wildman–Crippen MR) is 122 cm³/mol. The molecule has 0 aliphatic rings. The van der Waals surface area contributed by atoms with Gasteiger partial charge in [-0.25, -0.2) is 5.43 Å². The van der Waals surface area contributed by atoms with E-state index in [0.29, 0.717) is 22.0 Å². The number of hydrazone groups is 1. The Labute approximate surface area is 192 Å². The quantitative estimate of drug-likeness (QED) is 0.211. The van der Waals surface area contributed by atoms with E-state index in [-0.39, 0.29) is 16.1 Å². The lowest BCUT2D eigenvalue weighted by Gasteiger charge is -2.08. The molecule has 3 aromatic carbocycles. The summed E-state index contributed by atoms with van der Waals surface area (Å²) in [5.41, 5.74) is 4.15. The number of benzene rings is 3. The smallest absolute Gasteiger partial charge is 0.271 e. The van der Waals surface area contributed by atoms with Crippen LogP contribution in [0.15, 0.2) is 59.7 Å². The maximum absolute atomic E-state index is 12.4. The molecule has 0 aliphatic carbocycles. The topological polar surface area (TPSA) is 131 Å². The molecule has 0 aliphatic heterocycles. The Hall–Kier alpha value is -3.75. The zero-order valence-corrected chi connectivity index (χ0v) is 18.1. The van der Waals surface area contributed by atoms with Gasteiger partial charge in [0.15, 0.2) is 17.2 Å². The lowest BCUT2D eigenvalue weighted by Crippen LogP contribution is -2.19. The molecule has 0 atom stereocenters. The predicted octanol–water partition coefficient (Wildman–Crippen LogP) is 4.52. The number of anilines is 1. The number of amides is 2. The van der Waals surface area contributed by atoms with Crippen molar-refractivity contribution in [2.24, 2.45) is 5.10 Å². The number of hydrogen-bond acceptors (Lipinski definition) is 6. The van der Waals surface area contributed by atoms with E-state index in [4.69, 9.17) is 23.2 Å². The van der Waals surface area contributed by atoms with Crippen LogP contribution in [-0.2, 0) is 0 Å². The molecular formula is C22H17Cl2N3O5. The van der Waals surface area contributed by atoms with E-state index in [0.717, 1.165) is 12.1 Å². The molecule has 10 heteroatoms. The van der Waals surface area contributed by atoms with E-state index in [9.17, 15) is 24.9 Å². The first-order valence-electron chi connectivity index (χ1n) is 9.12. The highest BCUT2D eigenvalue weighted by Gasteiger charge is 2.14. The lowest BCUT2D eigenvalue weighted by atomic mass is 10.1. The van der Waals surface area contributed by atoms with E-state index in [1.807, 2.05) is 0 Å². The standard InChI is InChI=1S/C22H17Cl2N3O5/c1-11(26-27-21(31)13-8-18(28)20(30)19(29)9-13)12-2-5-15(6-3-12)25-22(32)16-7-4-14(23)10-17(16)24/h2-10,28-30H,1H3,(H,25,32)(H,27,31)/b26-11-. The van der Waals surface area contributed by atoms with Gasteiger partial charge in [-0.1, -0.05) is 35.3 Å². The molecule has 164 valence electrons. The van der Waals surface area contributed by atoms with Crippen molar-refractivity contribution in [2.45, 2.75) is 6.92 Å². The van der Waals surface area contributed by atoms with Crippen LogP contribution in [0.1, 0.15) is 33.2 Å². The molecule has 32 heavy (non-hydrogen) atoms. The maximum Gasteiger partial charge on any atom is 0.271 e. The molecule has 5 N–H and O–H groups in total. The SMILES string of the molecule is C/C(=N/NC(=O)c1cc(O)c(O)c(O)c1)c1ccc(NC(=O)c2ccc(Cl)cc2Cl)cc1. The summed E-state index contributed by atoms with van der Waals surface area (Å²) in [5, 5.41) is 35.7. The Bertz CT molecular complexity index is 1200. The number of nitrogens with zero attached hydrogens (tertiary/aromatic N) is 1. The summed E-state index contributed by atoms with van der Waals surface area (Å²) in [4.78, 5) is 24.6.